The maximum absolute atomic E-state index is 11.5. The molecule has 2 rings (SSSR count). The Morgan fingerprint density at radius 1 is 1.20 bits per heavy atom. The quantitative estimate of drug-likeness (QED) is 0.573. The number of allylic oxidation sites excluding steroid dienone is 4. The number of rotatable bonds is 3. The predicted octanol–water partition coefficient (Wildman–Crippen LogP) is 1.40. The molecule has 6 nitrogen and oxygen atoms in total. The van der Waals surface area contributed by atoms with Crippen molar-refractivity contribution in [1.29, 1.82) is 0 Å². The molecule has 0 atom stereocenters. The standard InChI is InChI=1S/C14H16N4O2/c1-8(4-6-11-9(2)15-17-13(11)19)5-7-12-10(3)16-18-14(12)20/h4-7H,1-3H3,(H,17,19)(H2,16,18,20)/b7-5?,8-4?,11-6-. The Labute approximate surface area is 116 Å². The molecule has 1 aliphatic heterocycles. The molecule has 1 aliphatic rings. The molecule has 0 aromatic carbocycles. The van der Waals surface area contributed by atoms with Gasteiger partial charge in [0.05, 0.1) is 16.8 Å². The molecule has 0 bridgehead atoms. The summed E-state index contributed by atoms with van der Waals surface area (Å²) in [5, 5.41) is 9.12. The Kier molecular flexibility index (Phi) is 3.84. The van der Waals surface area contributed by atoms with Crippen molar-refractivity contribution >= 4 is 17.7 Å². The summed E-state index contributed by atoms with van der Waals surface area (Å²) in [4.78, 5) is 22.9. The number of aryl methyl sites for hydroxylation is 1. The minimum Gasteiger partial charge on any atom is -0.302 e. The van der Waals surface area contributed by atoms with E-state index < -0.39 is 0 Å². The number of H-pyrrole nitrogens is 2. The number of nitrogens with one attached hydrogen (secondary N) is 3. The van der Waals surface area contributed by atoms with Crippen molar-refractivity contribution in [3.05, 3.63) is 51.0 Å². The van der Waals surface area contributed by atoms with Gasteiger partial charge in [0.15, 0.2) is 0 Å². The van der Waals surface area contributed by atoms with Crippen molar-refractivity contribution in [3.8, 4) is 0 Å². The molecule has 0 fully saturated rings. The summed E-state index contributed by atoms with van der Waals surface area (Å²) < 4.78 is 0. The lowest BCUT2D eigenvalue weighted by Crippen LogP contribution is -2.12. The van der Waals surface area contributed by atoms with Gasteiger partial charge in [0.2, 0.25) is 0 Å². The minimum atomic E-state index is -0.201. The lowest BCUT2D eigenvalue weighted by molar-refractivity contribution is -0.116. The van der Waals surface area contributed by atoms with Crippen molar-refractivity contribution in [3.63, 3.8) is 0 Å². The predicted molar refractivity (Wildman–Crippen MR) is 78.3 cm³/mol. The highest BCUT2D eigenvalue weighted by molar-refractivity contribution is 6.24. The summed E-state index contributed by atoms with van der Waals surface area (Å²) >= 11 is 0. The number of hydrogen-bond donors (Lipinski definition) is 3. The van der Waals surface area contributed by atoms with E-state index in [-0.39, 0.29) is 11.5 Å². The van der Waals surface area contributed by atoms with E-state index in [4.69, 9.17) is 0 Å². The fourth-order valence-corrected chi connectivity index (χ4v) is 1.76. The smallest absolute Gasteiger partial charge is 0.273 e. The molecule has 0 spiro atoms. The van der Waals surface area contributed by atoms with Gasteiger partial charge in [0, 0.05) is 5.69 Å². The zero-order chi connectivity index (χ0) is 14.7. The fourth-order valence-electron chi connectivity index (χ4n) is 1.76. The van der Waals surface area contributed by atoms with Crippen molar-refractivity contribution in [2.75, 3.05) is 0 Å². The van der Waals surface area contributed by atoms with E-state index >= 15 is 0 Å². The second-order valence-electron chi connectivity index (χ2n) is 4.58. The first-order valence-electron chi connectivity index (χ1n) is 6.18. The van der Waals surface area contributed by atoms with Crippen LogP contribution in [0.4, 0.5) is 0 Å². The summed E-state index contributed by atoms with van der Waals surface area (Å²) in [7, 11) is 0. The van der Waals surface area contributed by atoms with Crippen LogP contribution in [0.25, 0.3) is 6.08 Å². The van der Waals surface area contributed by atoms with Crippen LogP contribution in [-0.4, -0.2) is 21.8 Å². The molecule has 1 aromatic heterocycles. The number of nitrogens with zero attached hydrogens (tertiary/aromatic N) is 1. The second-order valence-corrected chi connectivity index (χ2v) is 4.58. The molecular formula is C14H16N4O2. The zero-order valence-electron chi connectivity index (χ0n) is 11.6. The molecule has 3 N–H and O–H groups in total. The Hall–Kier alpha value is -2.63. The van der Waals surface area contributed by atoms with Gasteiger partial charge >= 0.3 is 0 Å². The average Bonchev–Trinajstić information content (AvgIpc) is 2.89. The van der Waals surface area contributed by atoms with Crippen molar-refractivity contribution < 1.29 is 4.79 Å². The van der Waals surface area contributed by atoms with E-state index in [2.05, 4.69) is 20.7 Å². The van der Waals surface area contributed by atoms with Crippen LogP contribution in [-0.2, 0) is 4.79 Å². The monoisotopic (exact) mass is 272 g/mol. The number of hydrogen-bond acceptors (Lipinski definition) is 3. The van der Waals surface area contributed by atoms with Gasteiger partial charge in [-0.2, -0.15) is 5.10 Å². The van der Waals surface area contributed by atoms with E-state index in [9.17, 15) is 9.59 Å². The molecule has 1 amide bonds. The normalized spacial score (nSPS) is 17.9. The van der Waals surface area contributed by atoms with E-state index in [0.29, 0.717) is 16.8 Å². The molecule has 104 valence electrons. The number of aromatic nitrogens is 2. The maximum atomic E-state index is 11.5. The number of carbonyl (C=O) groups excluding carboxylic acids is 1. The lowest BCUT2D eigenvalue weighted by Gasteiger charge is -1.93. The molecule has 20 heavy (non-hydrogen) atoms. The molecule has 6 heteroatoms. The zero-order valence-corrected chi connectivity index (χ0v) is 11.6. The van der Waals surface area contributed by atoms with Crippen LogP contribution in [0.3, 0.4) is 0 Å². The summed E-state index contributed by atoms with van der Waals surface area (Å²) in [6.07, 6.45) is 7.09. The first-order valence-corrected chi connectivity index (χ1v) is 6.18. The van der Waals surface area contributed by atoms with Gasteiger partial charge in [-0.3, -0.25) is 14.7 Å². The third-order valence-corrected chi connectivity index (χ3v) is 3.00. The molecule has 0 unspecified atom stereocenters. The first-order chi connectivity index (χ1) is 9.49. The lowest BCUT2D eigenvalue weighted by atomic mass is 10.1. The Balaban J connectivity index is 2.17. The molecule has 1 aromatic rings. The fraction of sp³-hybridized carbons (Fsp3) is 0.214. The Bertz CT molecular complexity index is 714. The van der Waals surface area contributed by atoms with Gasteiger partial charge in [0.25, 0.3) is 11.5 Å². The summed E-state index contributed by atoms with van der Waals surface area (Å²) in [5.41, 5.74) is 5.77. The van der Waals surface area contributed by atoms with E-state index in [1.54, 1.807) is 19.1 Å². The average molecular weight is 272 g/mol. The minimum absolute atomic E-state index is 0.150. The largest absolute Gasteiger partial charge is 0.302 e. The third kappa shape index (κ3) is 2.85. The Morgan fingerprint density at radius 2 is 1.95 bits per heavy atom. The molecule has 0 saturated heterocycles. The second kappa shape index (κ2) is 5.56. The van der Waals surface area contributed by atoms with Gasteiger partial charge in [-0.25, -0.2) is 5.43 Å². The first kappa shape index (κ1) is 13.8. The van der Waals surface area contributed by atoms with Crippen molar-refractivity contribution in [2.24, 2.45) is 5.10 Å². The van der Waals surface area contributed by atoms with E-state index in [1.165, 1.54) is 0 Å². The molecule has 2 heterocycles. The maximum Gasteiger partial charge on any atom is 0.273 e. The number of aromatic amines is 2. The highest BCUT2D eigenvalue weighted by Crippen LogP contribution is 2.08. The van der Waals surface area contributed by atoms with E-state index in [1.807, 2.05) is 26.0 Å². The molecule has 0 saturated carbocycles. The van der Waals surface area contributed by atoms with Crippen LogP contribution in [0.5, 0.6) is 0 Å². The highest BCUT2D eigenvalue weighted by atomic mass is 16.2. The number of amides is 1. The van der Waals surface area contributed by atoms with Crippen LogP contribution in [0.15, 0.2) is 39.3 Å². The molecule has 0 aliphatic carbocycles. The van der Waals surface area contributed by atoms with Crippen molar-refractivity contribution in [2.45, 2.75) is 20.8 Å². The van der Waals surface area contributed by atoms with Gasteiger partial charge < -0.3 is 5.10 Å². The van der Waals surface area contributed by atoms with Gasteiger partial charge in [-0.1, -0.05) is 17.7 Å². The van der Waals surface area contributed by atoms with Crippen LogP contribution in [0.1, 0.15) is 25.1 Å². The summed E-state index contributed by atoms with van der Waals surface area (Å²) in [5.74, 6) is -0.201. The van der Waals surface area contributed by atoms with Crippen LogP contribution in [0, 0.1) is 6.92 Å². The van der Waals surface area contributed by atoms with Gasteiger partial charge in [0.1, 0.15) is 0 Å². The topological polar surface area (TPSA) is 90.1 Å². The van der Waals surface area contributed by atoms with Crippen molar-refractivity contribution in [1.82, 2.24) is 15.6 Å². The van der Waals surface area contributed by atoms with Crippen LogP contribution < -0.4 is 11.0 Å². The molecular weight excluding hydrogens is 256 g/mol. The SMILES string of the molecule is CC(C=Cc1c(C)[nH][nH]c1=O)=C/C=C1\C(=O)NN=C1C. The number of hydrazone groups is 1. The summed E-state index contributed by atoms with van der Waals surface area (Å²) in [6, 6.07) is 0. The van der Waals surface area contributed by atoms with Gasteiger partial charge in [-0.05, 0) is 32.9 Å². The molecule has 0 radical (unpaired) electrons. The third-order valence-electron chi connectivity index (χ3n) is 3.00. The Morgan fingerprint density at radius 3 is 2.50 bits per heavy atom. The van der Waals surface area contributed by atoms with Gasteiger partial charge in [-0.15, -0.1) is 0 Å². The number of carbonyl (C=O) groups is 1. The summed E-state index contributed by atoms with van der Waals surface area (Å²) in [6.45, 7) is 5.48. The van der Waals surface area contributed by atoms with Crippen LogP contribution in [0.2, 0.25) is 0 Å². The highest BCUT2D eigenvalue weighted by Gasteiger charge is 2.17. The van der Waals surface area contributed by atoms with Crippen LogP contribution >= 0.6 is 0 Å². The van der Waals surface area contributed by atoms with E-state index in [0.717, 1.165) is 11.3 Å².